The van der Waals surface area contributed by atoms with Crippen LogP contribution in [0.3, 0.4) is 0 Å². The first-order valence-corrected chi connectivity index (χ1v) is 11.5. The average molecular weight is 524 g/mol. The van der Waals surface area contributed by atoms with E-state index in [-0.39, 0.29) is 6.79 Å². The van der Waals surface area contributed by atoms with E-state index in [0.717, 1.165) is 62.7 Å². The molecular formula is C19H21IN6O2S. The SMILES string of the molecule is Nc1ncnc2c1nc(Sc1cc3c(cc1I)OCO3)n2CCCNCC1CC1. The van der Waals surface area contributed by atoms with Gasteiger partial charge in [0.1, 0.15) is 6.33 Å². The van der Waals surface area contributed by atoms with E-state index in [2.05, 4.69) is 42.4 Å². The molecule has 0 radical (unpaired) electrons. The molecule has 0 atom stereocenters. The number of halogens is 1. The molecule has 3 N–H and O–H groups in total. The molecule has 29 heavy (non-hydrogen) atoms. The monoisotopic (exact) mass is 524 g/mol. The van der Waals surface area contributed by atoms with Gasteiger partial charge in [-0.1, -0.05) is 11.8 Å². The largest absolute Gasteiger partial charge is 0.454 e. The first-order valence-electron chi connectivity index (χ1n) is 9.63. The van der Waals surface area contributed by atoms with Gasteiger partial charge in [-0.3, -0.25) is 0 Å². The van der Waals surface area contributed by atoms with Gasteiger partial charge < -0.3 is 25.1 Å². The fraction of sp³-hybridized carbons (Fsp3) is 0.421. The number of benzene rings is 1. The third-order valence-electron chi connectivity index (χ3n) is 5.02. The second-order valence-electron chi connectivity index (χ2n) is 7.22. The maximum atomic E-state index is 6.07. The van der Waals surface area contributed by atoms with Crippen molar-refractivity contribution in [2.24, 2.45) is 5.92 Å². The van der Waals surface area contributed by atoms with Crippen molar-refractivity contribution in [2.45, 2.75) is 35.9 Å². The number of hydrogen-bond donors (Lipinski definition) is 2. The van der Waals surface area contributed by atoms with Gasteiger partial charge in [-0.05, 0) is 73.0 Å². The quantitative estimate of drug-likeness (QED) is 0.342. The van der Waals surface area contributed by atoms with Crippen molar-refractivity contribution >= 4 is 51.3 Å². The molecule has 0 amide bonds. The molecule has 1 aliphatic carbocycles. The highest BCUT2D eigenvalue weighted by molar-refractivity contribution is 14.1. The minimum atomic E-state index is 0.262. The van der Waals surface area contributed by atoms with E-state index < -0.39 is 0 Å². The lowest BCUT2D eigenvalue weighted by molar-refractivity contribution is 0.174. The summed E-state index contributed by atoms with van der Waals surface area (Å²) >= 11 is 3.90. The highest BCUT2D eigenvalue weighted by Crippen LogP contribution is 2.41. The Morgan fingerprint density at radius 3 is 2.90 bits per heavy atom. The first-order chi connectivity index (χ1) is 14.2. The summed E-state index contributed by atoms with van der Waals surface area (Å²) in [6.07, 6.45) is 5.22. The summed E-state index contributed by atoms with van der Waals surface area (Å²) in [6.45, 7) is 3.17. The molecule has 5 rings (SSSR count). The summed E-state index contributed by atoms with van der Waals surface area (Å²) in [7, 11) is 0. The smallest absolute Gasteiger partial charge is 0.231 e. The molecule has 1 fully saturated rings. The molecule has 3 aromatic rings. The molecule has 10 heteroatoms. The fourth-order valence-electron chi connectivity index (χ4n) is 3.28. The molecule has 8 nitrogen and oxygen atoms in total. The Labute approximate surface area is 186 Å². The van der Waals surface area contributed by atoms with Crippen LogP contribution in [0.4, 0.5) is 5.82 Å². The zero-order valence-electron chi connectivity index (χ0n) is 15.7. The lowest BCUT2D eigenvalue weighted by Gasteiger charge is -2.10. The van der Waals surface area contributed by atoms with E-state index in [9.17, 15) is 0 Å². The molecule has 0 spiro atoms. The van der Waals surface area contributed by atoms with Gasteiger partial charge in [0.2, 0.25) is 6.79 Å². The second-order valence-corrected chi connectivity index (χ2v) is 9.39. The average Bonchev–Trinajstić information content (AvgIpc) is 3.31. The van der Waals surface area contributed by atoms with Crippen LogP contribution in [-0.2, 0) is 6.54 Å². The maximum absolute atomic E-state index is 6.07. The molecule has 0 unspecified atom stereocenters. The van der Waals surface area contributed by atoms with Crippen LogP contribution in [0.1, 0.15) is 19.3 Å². The topological polar surface area (TPSA) is 100 Å². The number of hydrogen-bond acceptors (Lipinski definition) is 8. The van der Waals surface area contributed by atoms with E-state index in [1.54, 1.807) is 11.8 Å². The zero-order valence-corrected chi connectivity index (χ0v) is 18.7. The van der Waals surface area contributed by atoms with Crippen molar-refractivity contribution in [1.29, 1.82) is 0 Å². The van der Waals surface area contributed by atoms with Gasteiger partial charge in [0.05, 0.1) is 0 Å². The number of aryl methyl sites for hydroxylation is 1. The number of fused-ring (bicyclic) bond motifs is 2. The Kier molecular flexibility index (Phi) is 5.39. The lowest BCUT2D eigenvalue weighted by atomic mass is 10.3. The minimum absolute atomic E-state index is 0.262. The normalized spacial score (nSPS) is 15.3. The molecule has 2 aliphatic rings. The van der Waals surface area contributed by atoms with Crippen molar-refractivity contribution in [1.82, 2.24) is 24.8 Å². The fourth-order valence-corrected chi connectivity index (χ4v) is 4.99. The van der Waals surface area contributed by atoms with Gasteiger partial charge in [0, 0.05) is 15.0 Å². The number of aromatic nitrogens is 4. The molecule has 1 aromatic carbocycles. The van der Waals surface area contributed by atoms with Gasteiger partial charge in [-0.25, -0.2) is 15.0 Å². The van der Waals surface area contributed by atoms with Gasteiger partial charge in [-0.15, -0.1) is 0 Å². The Hall–Kier alpha value is -1.79. The number of anilines is 1. The van der Waals surface area contributed by atoms with Gasteiger partial charge >= 0.3 is 0 Å². The van der Waals surface area contributed by atoms with Gasteiger partial charge in [0.15, 0.2) is 33.6 Å². The number of ether oxygens (including phenoxy) is 2. The lowest BCUT2D eigenvalue weighted by Crippen LogP contribution is -2.19. The predicted octanol–water partition coefficient (Wildman–Crippen LogP) is 3.28. The second kappa shape index (κ2) is 8.15. The third kappa shape index (κ3) is 4.10. The Morgan fingerprint density at radius 1 is 1.24 bits per heavy atom. The van der Waals surface area contributed by atoms with Crippen LogP contribution in [-0.4, -0.2) is 39.4 Å². The molecular weight excluding hydrogens is 503 g/mol. The van der Waals surface area contributed by atoms with Crippen LogP contribution in [0.15, 0.2) is 28.5 Å². The van der Waals surface area contributed by atoms with Crippen LogP contribution in [0.5, 0.6) is 11.5 Å². The molecule has 2 aromatic heterocycles. The summed E-state index contributed by atoms with van der Waals surface area (Å²) in [5, 5.41) is 4.40. The van der Waals surface area contributed by atoms with Gasteiger partial charge in [-0.2, -0.15) is 0 Å². The number of nitrogen functional groups attached to an aromatic ring is 1. The van der Waals surface area contributed by atoms with Crippen LogP contribution < -0.4 is 20.5 Å². The molecule has 152 valence electrons. The van der Waals surface area contributed by atoms with Crippen LogP contribution in [0.2, 0.25) is 0 Å². The van der Waals surface area contributed by atoms with Gasteiger partial charge in [0.25, 0.3) is 0 Å². The molecule has 0 saturated heterocycles. The maximum Gasteiger partial charge on any atom is 0.231 e. The van der Waals surface area contributed by atoms with Crippen LogP contribution >= 0.6 is 34.4 Å². The van der Waals surface area contributed by atoms with E-state index in [1.807, 2.05) is 12.1 Å². The summed E-state index contributed by atoms with van der Waals surface area (Å²) in [5.74, 6) is 2.84. The van der Waals surface area contributed by atoms with E-state index in [4.69, 9.17) is 20.2 Å². The highest BCUT2D eigenvalue weighted by atomic mass is 127. The predicted molar refractivity (Wildman–Crippen MR) is 119 cm³/mol. The summed E-state index contributed by atoms with van der Waals surface area (Å²) in [5.41, 5.74) is 7.49. The number of nitrogens with one attached hydrogen (secondary N) is 1. The first kappa shape index (κ1) is 19.2. The van der Waals surface area contributed by atoms with Crippen LogP contribution in [0.25, 0.3) is 11.2 Å². The molecule has 3 heterocycles. The van der Waals surface area contributed by atoms with Crippen molar-refractivity contribution in [3.05, 3.63) is 22.0 Å². The van der Waals surface area contributed by atoms with Crippen molar-refractivity contribution in [3.8, 4) is 11.5 Å². The summed E-state index contributed by atoms with van der Waals surface area (Å²) in [6, 6.07) is 4.00. The molecule has 0 bridgehead atoms. The van der Waals surface area contributed by atoms with E-state index in [1.165, 1.54) is 19.2 Å². The third-order valence-corrected chi connectivity index (χ3v) is 7.33. The zero-order chi connectivity index (χ0) is 19.8. The summed E-state index contributed by atoms with van der Waals surface area (Å²) in [4.78, 5) is 14.4. The van der Waals surface area contributed by atoms with Crippen molar-refractivity contribution < 1.29 is 9.47 Å². The van der Waals surface area contributed by atoms with Crippen molar-refractivity contribution in [2.75, 3.05) is 25.6 Å². The number of nitrogens with zero attached hydrogens (tertiary/aromatic N) is 4. The van der Waals surface area contributed by atoms with Crippen molar-refractivity contribution in [3.63, 3.8) is 0 Å². The minimum Gasteiger partial charge on any atom is -0.454 e. The number of nitrogens with two attached hydrogens (primary N) is 1. The Balaban J connectivity index is 1.40. The summed E-state index contributed by atoms with van der Waals surface area (Å²) < 4.78 is 14.2. The van der Waals surface area contributed by atoms with E-state index >= 15 is 0 Å². The number of rotatable bonds is 8. The molecule has 1 aliphatic heterocycles. The Morgan fingerprint density at radius 2 is 2.07 bits per heavy atom. The number of imidazole rings is 1. The Bertz CT molecular complexity index is 1050. The highest BCUT2D eigenvalue weighted by Gasteiger charge is 2.21. The van der Waals surface area contributed by atoms with E-state index in [0.29, 0.717) is 11.3 Å². The van der Waals surface area contributed by atoms with Crippen LogP contribution in [0, 0.1) is 9.49 Å². The standard InChI is InChI=1S/C19H21IN6O2S/c20-12-6-13-14(28-10-27-13)7-15(12)29-19-25-16-17(21)23-9-24-18(16)26(19)5-1-4-22-8-11-2-3-11/h6-7,9,11,22H,1-5,8,10H2,(H2,21,23,24). The molecule has 1 saturated carbocycles.